The van der Waals surface area contributed by atoms with Crippen LogP contribution in [-0.4, -0.2) is 48.4 Å². The lowest BCUT2D eigenvalue weighted by atomic mass is 9.89. The molecule has 0 N–H and O–H groups in total. The summed E-state index contributed by atoms with van der Waals surface area (Å²) in [5.74, 6) is 0.192. The van der Waals surface area contributed by atoms with Gasteiger partial charge in [0.05, 0.1) is 11.5 Å². The van der Waals surface area contributed by atoms with Crippen molar-refractivity contribution in [3.05, 3.63) is 0 Å². The topological polar surface area (TPSA) is 47.3 Å². The van der Waals surface area contributed by atoms with E-state index in [0.29, 0.717) is 0 Å². The first-order valence-electron chi connectivity index (χ1n) is 7.34. The molecule has 1 saturated heterocycles. The highest BCUT2D eigenvalue weighted by atomic mass is 16.2. The van der Waals surface area contributed by atoms with Crippen molar-refractivity contribution in [3.63, 3.8) is 0 Å². The number of carbonyl (C=O) groups is 1. The Morgan fingerprint density at radius 3 is 2.58 bits per heavy atom. The van der Waals surface area contributed by atoms with Gasteiger partial charge in [0.2, 0.25) is 5.91 Å². The number of hydrogen-bond acceptors (Lipinski definition) is 3. The Bertz CT molecular complexity index is 333. The quantitative estimate of drug-likeness (QED) is 0.716. The van der Waals surface area contributed by atoms with E-state index in [0.717, 1.165) is 58.4 Å². The van der Waals surface area contributed by atoms with Crippen LogP contribution in [-0.2, 0) is 4.79 Å². The predicted octanol–water partition coefficient (Wildman–Crippen LogP) is 2.26. The van der Waals surface area contributed by atoms with Crippen LogP contribution in [0.15, 0.2) is 0 Å². The van der Waals surface area contributed by atoms with Gasteiger partial charge in [0.25, 0.3) is 0 Å². The van der Waals surface area contributed by atoms with Crippen molar-refractivity contribution >= 4 is 5.91 Å². The SMILES string of the molecule is CC(=O)N1CCCN(CCCCC(C)(C)C#N)CC1. The fourth-order valence-electron chi connectivity index (χ4n) is 2.47. The molecule has 1 aliphatic rings. The van der Waals surface area contributed by atoms with E-state index >= 15 is 0 Å². The Kier molecular flexibility index (Phi) is 6.30. The summed E-state index contributed by atoms with van der Waals surface area (Å²) in [5, 5.41) is 8.96. The molecule has 0 radical (unpaired) electrons. The summed E-state index contributed by atoms with van der Waals surface area (Å²) in [4.78, 5) is 15.7. The van der Waals surface area contributed by atoms with Crippen LogP contribution in [0.2, 0.25) is 0 Å². The summed E-state index contributed by atoms with van der Waals surface area (Å²) in [6.45, 7) is 10.6. The highest BCUT2D eigenvalue weighted by molar-refractivity contribution is 5.73. The molecule has 108 valence electrons. The minimum atomic E-state index is -0.190. The molecule has 4 heteroatoms. The molecule has 19 heavy (non-hydrogen) atoms. The summed E-state index contributed by atoms with van der Waals surface area (Å²) in [6, 6.07) is 2.35. The molecule has 4 nitrogen and oxygen atoms in total. The van der Waals surface area contributed by atoms with Crippen LogP contribution in [0.3, 0.4) is 0 Å². The van der Waals surface area contributed by atoms with E-state index < -0.39 is 0 Å². The van der Waals surface area contributed by atoms with Crippen LogP contribution in [0.25, 0.3) is 0 Å². The lowest BCUT2D eigenvalue weighted by Gasteiger charge is -2.21. The summed E-state index contributed by atoms with van der Waals surface area (Å²) in [5.41, 5.74) is -0.190. The van der Waals surface area contributed by atoms with Gasteiger partial charge in [-0.3, -0.25) is 4.79 Å². The number of nitriles is 1. The standard InChI is InChI=1S/C15H27N3O/c1-14(19)18-10-6-9-17(11-12-18)8-5-4-7-15(2,3)13-16/h4-12H2,1-3H3. The number of unbranched alkanes of at least 4 members (excludes halogenated alkanes) is 1. The number of hydrogen-bond donors (Lipinski definition) is 0. The Morgan fingerprint density at radius 2 is 1.95 bits per heavy atom. The molecule has 0 aromatic carbocycles. The molecule has 0 atom stereocenters. The molecular weight excluding hydrogens is 238 g/mol. The maximum Gasteiger partial charge on any atom is 0.219 e. The Labute approximate surface area is 117 Å². The van der Waals surface area contributed by atoms with E-state index in [4.69, 9.17) is 5.26 Å². The van der Waals surface area contributed by atoms with Gasteiger partial charge >= 0.3 is 0 Å². The van der Waals surface area contributed by atoms with Gasteiger partial charge in [-0.25, -0.2) is 0 Å². The van der Waals surface area contributed by atoms with Crippen molar-refractivity contribution in [2.45, 2.75) is 46.5 Å². The van der Waals surface area contributed by atoms with Crippen molar-refractivity contribution < 1.29 is 4.79 Å². The zero-order valence-corrected chi connectivity index (χ0v) is 12.6. The van der Waals surface area contributed by atoms with Crippen LogP contribution in [0.4, 0.5) is 0 Å². The third-order valence-electron chi connectivity index (χ3n) is 3.86. The van der Waals surface area contributed by atoms with E-state index in [-0.39, 0.29) is 11.3 Å². The van der Waals surface area contributed by atoms with Crippen LogP contribution in [0, 0.1) is 16.7 Å². The van der Waals surface area contributed by atoms with Crippen molar-refractivity contribution in [2.24, 2.45) is 5.41 Å². The van der Waals surface area contributed by atoms with Gasteiger partial charge in [-0.2, -0.15) is 5.26 Å². The summed E-state index contributed by atoms with van der Waals surface area (Å²) < 4.78 is 0. The van der Waals surface area contributed by atoms with Gasteiger partial charge in [-0.05, 0) is 46.2 Å². The first-order valence-corrected chi connectivity index (χ1v) is 7.34. The maximum atomic E-state index is 11.3. The number of carbonyl (C=O) groups excluding carboxylic acids is 1. The highest BCUT2D eigenvalue weighted by Crippen LogP contribution is 2.21. The Balaban J connectivity index is 2.20. The second kappa shape index (κ2) is 7.49. The molecule has 0 aliphatic carbocycles. The van der Waals surface area contributed by atoms with E-state index in [1.165, 1.54) is 0 Å². The lowest BCUT2D eigenvalue weighted by Crippen LogP contribution is -2.34. The van der Waals surface area contributed by atoms with Crippen LogP contribution in [0.1, 0.15) is 46.5 Å². The fourth-order valence-corrected chi connectivity index (χ4v) is 2.47. The highest BCUT2D eigenvalue weighted by Gasteiger charge is 2.18. The zero-order valence-electron chi connectivity index (χ0n) is 12.6. The van der Waals surface area contributed by atoms with Gasteiger partial charge in [-0.15, -0.1) is 0 Å². The molecule has 0 saturated carbocycles. The zero-order chi connectivity index (χ0) is 14.3. The van der Waals surface area contributed by atoms with Crippen molar-refractivity contribution in [1.82, 2.24) is 9.80 Å². The van der Waals surface area contributed by atoms with Crippen molar-refractivity contribution in [2.75, 3.05) is 32.7 Å². The first-order chi connectivity index (χ1) is 8.94. The number of nitrogens with zero attached hydrogens (tertiary/aromatic N) is 3. The molecule has 0 spiro atoms. The second-order valence-corrected chi connectivity index (χ2v) is 6.15. The number of amides is 1. The minimum Gasteiger partial charge on any atom is -0.342 e. The summed E-state index contributed by atoms with van der Waals surface area (Å²) in [6.07, 6.45) is 4.29. The van der Waals surface area contributed by atoms with E-state index in [1.54, 1.807) is 6.92 Å². The number of rotatable bonds is 5. The van der Waals surface area contributed by atoms with Crippen LogP contribution < -0.4 is 0 Å². The van der Waals surface area contributed by atoms with Crippen LogP contribution >= 0.6 is 0 Å². The summed E-state index contributed by atoms with van der Waals surface area (Å²) in [7, 11) is 0. The molecular formula is C15H27N3O. The molecule has 0 unspecified atom stereocenters. The van der Waals surface area contributed by atoms with Gasteiger partial charge in [0, 0.05) is 26.6 Å². The summed E-state index contributed by atoms with van der Waals surface area (Å²) >= 11 is 0. The molecule has 0 bridgehead atoms. The Morgan fingerprint density at radius 1 is 1.21 bits per heavy atom. The third-order valence-corrected chi connectivity index (χ3v) is 3.86. The lowest BCUT2D eigenvalue weighted by molar-refractivity contribution is -0.128. The smallest absolute Gasteiger partial charge is 0.219 e. The van der Waals surface area contributed by atoms with E-state index in [2.05, 4.69) is 11.0 Å². The normalized spacial score (nSPS) is 17.9. The molecule has 1 heterocycles. The molecule has 1 amide bonds. The van der Waals surface area contributed by atoms with E-state index in [9.17, 15) is 4.79 Å². The molecule has 0 aromatic heterocycles. The minimum absolute atomic E-state index is 0.190. The first kappa shape index (κ1) is 16.0. The maximum absolute atomic E-state index is 11.3. The molecule has 1 rings (SSSR count). The van der Waals surface area contributed by atoms with Crippen LogP contribution in [0.5, 0.6) is 0 Å². The molecule has 0 aromatic rings. The second-order valence-electron chi connectivity index (χ2n) is 6.15. The van der Waals surface area contributed by atoms with Crippen molar-refractivity contribution in [1.29, 1.82) is 5.26 Å². The molecule has 1 fully saturated rings. The van der Waals surface area contributed by atoms with Crippen molar-refractivity contribution in [3.8, 4) is 6.07 Å². The fraction of sp³-hybridized carbons (Fsp3) is 0.867. The van der Waals surface area contributed by atoms with Gasteiger partial charge < -0.3 is 9.80 Å². The predicted molar refractivity (Wildman–Crippen MR) is 76.6 cm³/mol. The third kappa shape index (κ3) is 6.07. The Hall–Kier alpha value is -1.08. The van der Waals surface area contributed by atoms with Gasteiger partial charge in [0.1, 0.15) is 0 Å². The van der Waals surface area contributed by atoms with Gasteiger partial charge in [-0.1, -0.05) is 6.42 Å². The average molecular weight is 265 g/mol. The largest absolute Gasteiger partial charge is 0.342 e. The van der Waals surface area contributed by atoms with Gasteiger partial charge in [0.15, 0.2) is 0 Å². The monoisotopic (exact) mass is 265 g/mol. The van der Waals surface area contributed by atoms with E-state index in [1.807, 2.05) is 18.7 Å². The average Bonchev–Trinajstić information content (AvgIpc) is 2.60. The molecule has 1 aliphatic heterocycles.